The number of H-pyrrole nitrogens is 1. The molecule has 1 aromatic carbocycles. The fourth-order valence-corrected chi connectivity index (χ4v) is 2.99. The molecule has 0 unspecified atom stereocenters. The van der Waals surface area contributed by atoms with Crippen LogP contribution in [0.2, 0.25) is 0 Å². The Hall–Kier alpha value is -1.61. The van der Waals surface area contributed by atoms with Gasteiger partial charge in [0, 0.05) is 12.0 Å². The fraction of sp³-hybridized carbons (Fsp3) is 0.471. The standard InChI is InChI=1S/C17H23N3/c1-12-3-4-13(2)15(9-12)16-11-19-17(20-16)10-14-5-7-18-8-6-14/h3-4,9,11,14,18H,5-8,10H2,1-2H3,(H,19,20). The minimum Gasteiger partial charge on any atom is -0.342 e. The Morgan fingerprint density at radius 3 is 2.80 bits per heavy atom. The predicted octanol–water partition coefficient (Wildman–Crippen LogP) is 3.24. The van der Waals surface area contributed by atoms with Crippen LogP contribution in [0.1, 0.15) is 29.8 Å². The third-order valence-corrected chi connectivity index (χ3v) is 4.25. The number of aromatic nitrogens is 2. The van der Waals surface area contributed by atoms with Gasteiger partial charge >= 0.3 is 0 Å². The van der Waals surface area contributed by atoms with E-state index in [1.807, 2.05) is 6.20 Å². The molecule has 2 heterocycles. The minimum atomic E-state index is 0.772. The van der Waals surface area contributed by atoms with Gasteiger partial charge in [-0.3, -0.25) is 0 Å². The molecule has 1 saturated heterocycles. The van der Waals surface area contributed by atoms with Crippen molar-refractivity contribution in [1.29, 1.82) is 0 Å². The lowest BCUT2D eigenvalue weighted by atomic mass is 9.94. The molecule has 0 saturated carbocycles. The molecular formula is C17H23N3. The van der Waals surface area contributed by atoms with E-state index in [1.165, 1.54) is 29.5 Å². The summed E-state index contributed by atoms with van der Waals surface area (Å²) in [6, 6.07) is 6.57. The van der Waals surface area contributed by atoms with Gasteiger partial charge < -0.3 is 10.3 Å². The summed E-state index contributed by atoms with van der Waals surface area (Å²) in [5.74, 6) is 1.90. The largest absolute Gasteiger partial charge is 0.342 e. The van der Waals surface area contributed by atoms with Crippen molar-refractivity contribution in [1.82, 2.24) is 15.3 Å². The van der Waals surface area contributed by atoms with Crippen molar-refractivity contribution in [2.45, 2.75) is 33.1 Å². The number of piperidine rings is 1. The van der Waals surface area contributed by atoms with Crippen LogP contribution in [0, 0.1) is 19.8 Å². The lowest BCUT2D eigenvalue weighted by molar-refractivity contribution is 0.368. The maximum atomic E-state index is 4.58. The van der Waals surface area contributed by atoms with Gasteiger partial charge in [-0.05, 0) is 57.3 Å². The zero-order valence-corrected chi connectivity index (χ0v) is 12.4. The van der Waals surface area contributed by atoms with Gasteiger partial charge in [0.15, 0.2) is 0 Å². The normalized spacial score (nSPS) is 16.5. The summed E-state index contributed by atoms with van der Waals surface area (Å²) in [6.07, 6.45) is 5.59. The molecule has 0 radical (unpaired) electrons. The second-order valence-electron chi connectivity index (χ2n) is 5.96. The van der Waals surface area contributed by atoms with Crippen molar-refractivity contribution >= 4 is 0 Å². The molecule has 3 nitrogen and oxygen atoms in total. The number of hydrogen-bond acceptors (Lipinski definition) is 2. The van der Waals surface area contributed by atoms with Crippen LogP contribution in [0.5, 0.6) is 0 Å². The van der Waals surface area contributed by atoms with Crippen LogP contribution < -0.4 is 5.32 Å². The molecule has 1 aromatic heterocycles. The number of imidazole rings is 1. The maximum absolute atomic E-state index is 4.58. The molecular weight excluding hydrogens is 246 g/mol. The lowest BCUT2D eigenvalue weighted by Crippen LogP contribution is -2.28. The minimum absolute atomic E-state index is 0.772. The highest BCUT2D eigenvalue weighted by atomic mass is 14.9. The zero-order chi connectivity index (χ0) is 13.9. The van der Waals surface area contributed by atoms with Crippen LogP contribution >= 0.6 is 0 Å². The predicted molar refractivity (Wildman–Crippen MR) is 82.8 cm³/mol. The van der Waals surface area contributed by atoms with Gasteiger partial charge in [-0.15, -0.1) is 0 Å². The molecule has 3 heteroatoms. The van der Waals surface area contributed by atoms with Crippen molar-refractivity contribution in [3.05, 3.63) is 41.3 Å². The van der Waals surface area contributed by atoms with Gasteiger partial charge in [0.1, 0.15) is 5.82 Å². The fourth-order valence-electron chi connectivity index (χ4n) is 2.99. The Bertz CT molecular complexity index is 580. The van der Waals surface area contributed by atoms with Crippen LogP contribution in [0.15, 0.2) is 24.4 Å². The van der Waals surface area contributed by atoms with Crippen molar-refractivity contribution < 1.29 is 0 Å². The molecule has 1 fully saturated rings. The van der Waals surface area contributed by atoms with Gasteiger partial charge in [-0.2, -0.15) is 0 Å². The number of nitrogens with one attached hydrogen (secondary N) is 2. The summed E-state index contributed by atoms with van der Waals surface area (Å²) < 4.78 is 0. The Balaban J connectivity index is 1.77. The van der Waals surface area contributed by atoms with E-state index in [9.17, 15) is 0 Å². The molecule has 2 aromatic rings. The lowest BCUT2D eigenvalue weighted by Gasteiger charge is -2.21. The Kier molecular flexibility index (Phi) is 3.88. The molecule has 0 bridgehead atoms. The van der Waals surface area contributed by atoms with E-state index in [2.05, 4.69) is 47.3 Å². The third kappa shape index (κ3) is 2.93. The first kappa shape index (κ1) is 13.4. The topological polar surface area (TPSA) is 40.7 Å². The van der Waals surface area contributed by atoms with E-state index in [0.29, 0.717) is 0 Å². The van der Waals surface area contributed by atoms with Gasteiger partial charge in [-0.1, -0.05) is 17.7 Å². The van der Waals surface area contributed by atoms with E-state index in [-0.39, 0.29) is 0 Å². The monoisotopic (exact) mass is 269 g/mol. The second-order valence-corrected chi connectivity index (χ2v) is 5.96. The van der Waals surface area contributed by atoms with E-state index in [4.69, 9.17) is 0 Å². The van der Waals surface area contributed by atoms with Crippen LogP contribution in [-0.2, 0) is 6.42 Å². The number of benzene rings is 1. The van der Waals surface area contributed by atoms with Crippen molar-refractivity contribution in [2.75, 3.05) is 13.1 Å². The molecule has 20 heavy (non-hydrogen) atoms. The van der Waals surface area contributed by atoms with E-state index >= 15 is 0 Å². The number of hydrogen-bond donors (Lipinski definition) is 2. The SMILES string of the molecule is Cc1ccc(C)c(-c2cnc(CC3CCNCC3)[nH]2)c1. The first-order chi connectivity index (χ1) is 9.72. The van der Waals surface area contributed by atoms with E-state index in [0.717, 1.165) is 36.9 Å². The first-order valence-electron chi connectivity index (χ1n) is 7.54. The van der Waals surface area contributed by atoms with Crippen molar-refractivity contribution in [3.63, 3.8) is 0 Å². The number of rotatable bonds is 3. The van der Waals surface area contributed by atoms with Crippen molar-refractivity contribution in [3.8, 4) is 11.3 Å². The van der Waals surface area contributed by atoms with E-state index < -0.39 is 0 Å². The van der Waals surface area contributed by atoms with Gasteiger partial charge in [0.25, 0.3) is 0 Å². The molecule has 3 rings (SSSR count). The third-order valence-electron chi connectivity index (χ3n) is 4.25. The highest BCUT2D eigenvalue weighted by molar-refractivity contribution is 5.63. The Morgan fingerprint density at radius 2 is 2.00 bits per heavy atom. The van der Waals surface area contributed by atoms with Crippen LogP contribution in [0.3, 0.4) is 0 Å². The maximum Gasteiger partial charge on any atom is 0.106 e. The molecule has 1 aliphatic rings. The number of aryl methyl sites for hydroxylation is 2. The molecule has 0 amide bonds. The highest BCUT2D eigenvalue weighted by Crippen LogP contribution is 2.24. The average molecular weight is 269 g/mol. The summed E-state index contributed by atoms with van der Waals surface area (Å²) >= 11 is 0. The Morgan fingerprint density at radius 1 is 1.20 bits per heavy atom. The number of nitrogens with zero attached hydrogens (tertiary/aromatic N) is 1. The first-order valence-corrected chi connectivity index (χ1v) is 7.54. The smallest absolute Gasteiger partial charge is 0.106 e. The summed E-state index contributed by atoms with van der Waals surface area (Å²) in [5.41, 5.74) is 5.01. The molecule has 0 aliphatic carbocycles. The molecule has 1 aliphatic heterocycles. The second kappa shape index (κ2) is 5.80. The van der Waals surface area contributed by atoms with Gasteiger partial charge in [0.05, 0.1) is 11.9 Å². The molecule has 0 atom stereocenters. The molecule has 0 spiro atoms. The number of aromatic amines is 1. The summed E-state index contributed by atoms with van der Waals surface area (Å²) in [6.45, 7) is 6.59. The van der Waals surface area contributed by atoms with Crippen LogP contribution in [0.25, 0.3) is 11.3 Å². The average Bonchev–Trinajstić information content (AvgIpc) is 2.91. The quantitative estimate of drug-likeness (QED) is 0.898. The van der Waals surface area contributed by atoms with Crippen LogP contribution in [0.4, 0.5) is 0 Å². The van der Waals surface area contributed by atoms with E-state index in [1.54, 1.807) is 0 Å². The van der Waals surface area contributed by atoms with Gasteiger partial charge in [0.2, 0.25) is 0 Å². The van der Waals surface area contributed by atoms with Crippen LogP contribution in [-0.4, -0.2) is 23.1 Å². The summed E-state index contributed by atoms with van der Waals surface area (Å²) in [7, 11) is 0. The summed E-state index contributed by atoms with van der Waals surface area (Å²) in [5, 5.41) is 3.41. The molecule has 2 N–H and O–H groups in total. The Labute approximate surface area is 120 Å². The summed E-state index contributed by atoms with van der Waals surface area (Å²) in [4.78, 5) is 8.09. The van der Waals surface area contributed by atoms with Gasteiger partial charge in [-0.25, -0.2) is 4.98 Å². The highest BCUT2D eigenvalue weighted by Gasteiger charge is 2.15. The zero-order valence-electron chi connectivity index (χ0n) is 12.4. The molecule has 106 valence electrons. The van der Waals surface area contributed by atoms with Crippen molar-refractivity contribution in [2.24, 2.45) is 5.92 Å².